The number of anilines is 1. The summed E-state index contributed by atoms with van der Waals surface area (Å²) in [7, 11) is 0. The molecule has 0 bridgehead atoms. The van der Waals surface area contributed by atoms with Crippen LogP contribution in [0.2, 0.25) is 0 Å². The Morgan fingerprint density at radius 2 is 1.56 bits per heavy atom. The number of halogens is 4. The number of ether oxygens (including phenoxy) is 1. The molecule has 0 spiro atoms. The van der Waals surface area contributed by atoms with E-state index in [1.54, 1.807) is 6.07 Å². The van der Waals surface area contributed by atoms with Crippen molar-refractivity contribution in [2.24, 2.45) is 0 Å². The normalized spacial score (nSPS) is 14.6. The smallest absolute Gasteiger partial charge is 0.317 e. The molecule has 1 saturated carbocycles. The van der Waals surface area contributed by atoms with Crippen LogP contribution < -0.4 is 10.6 Å². The van der Waals surface area contributed by atoms with Crippen molar-refractivity contribution in [3.8, 4) is 0 Å². The van der Waals surface area contributed by atoms with Gasteiger partial charge < -0.3 is 15.4 Å². The van der Waals surface area contributed by atoms with E-state index in [0.717, 1.165) is 6.07 Å². The van der Waals surface area contributed by atoms with Gasteiger partial charge in [0.15, 0.2) is 24.1 Å². The Balaban J connectivity index is 1.53. The van der Waals surface area contributed by atoms with Gasteiger partial charge in [-0.05, 0) is 31.0 Å². The van der Waals surface area contributed by atoms with Crippen molar-refractivity contribution in [2.75, 3.05) is 18.5 Å². The number of carbonyl (C=O) groups is 3. The highest BCUT2D eigenvalue weighted by Gasteiger charge is 2.45. The van der Waals surface area contributed by atoms with Gasteiger partial charge in [0.25, 0.3) is 5.91 Å². The van der Waals surface area contributed by atoms with Crippen molar-refractivity contribution >= 4 is 23.5 Å². The third-order valence-electron chi connectivity index (χ3n) is 5.33. The Morgan fingerprint density at radius 3 is 2.25 bits per heavy atom. The summed E-state index contributed by atoms with van der Waals surface area (Å²) in [5.74, 6) is -7.72. The first-order valence-corrected chi connectivity index (χ1v) is 9.87. The van der Waals surface area contributed by atoms with Gasteiger partial charge in [-0.15, -0.1) is 0 Å². The summed E-state index contributed by atoms with van der Waals surface area (Å²) in [5.41, 5.74) is -1.55. The molecule has 1 fully saturated rings. The van der Waals surface area contributed by atoms with Crippen LogP contribution in [-0.2, 0) is 24.5 Å². The lowest BCUT2D eigenvalue weighted by atomic mass is 9.78. The van der Waals surface area contributed by atoms with Crippen molar-refractivity contribution in [2.45, 2.75) is 31.1 Å². The van der Waals surface area contributed by atoms with Gasteiger partial charge in [0.1, 0.15) is 5.82 Å². The summed E-state index contributed by atoms with van der Waals surface area (Å²) >= 11 is 0. The second-order valence-corrected chi connectivity index (χ2v) is 7.39. The fourth-order valence-electron chi connectivity index (χ4n) is 3.73. The topological polar surface area (TPSA) is 84.5 Å². The molecule has 0 heterocycles. The summed E-state index contributed by atoms with van der Waals surface area (Å²) in [4.78, 5) is 36.5. The van der Waals surface area contributed by atoms with Crippen molar-refractivity contribution in [3.05, 3.63) is 65.2 Å². The predicted octanol–water partition coefficient (Wildman–Crippen LogP) is 3.35. The molecule has 0 radical (unpaired) electrons. The average Bonchev–Trinajstić information content (AvgIpc) is 3.28. The number of nitrogens with one attached hydrogen (secondary N) is 2. The van der Waals surface area contributed by atoms with Crippen LogP contribution in [0.3, 0.4) is 0 Å². The van der Waals surface area contributed by atoms with E-state index in [2.05, 4.69) is 5.32 Å². The van der Waals surface area contributed by atoms with Gasteiger partial charge in [-0.3, -0.25) is 14.4 Å². The lowest BCUT2D eigenvalue weighted by Gasteiger charge is -2.27. The Kier molecular flexibility index (Phi) is 7.12. The first kappa shape index (κ1) is 23.2. The molecule has 0 aliphatic heterocycles. The summed E-state index contributed by atoms with van der Waals surface area (Å²) < 4.78 is 59.1. The summed E-state index contributed by atoms with van der Waals surface area (Å²) in [6.07, 6.45) is 2.18. The molecule has 10 heteroatoms. The summed E-state index contributed by atoms with van der Waals surface area (Å²) in [5, 5.41) is 4.16. The SMILES string of the molecule is O=C(COC(=O)C1(c2ccccc2F)CCCC1)NCC(=O)Nc1ccc(F)c(F)c1F. The van der Waals surface area contributed by atoms with E-state index in [1.807, 2.05) is 5.32 Å². The molecule has 0 atom stereocenters. The predicted molar refractivity (Wildman–Crippen MR) is 105 cm³/mol. The molecule has 6 nitrogen and oxygen atoms in total. The van der Waals surface area contributed by atoms with Gasteiger partial charge >= 0.3 is 5.97 Å². The third-order valence-corrected chi connectivity index (χ3v) is 5.33. The fourth-order valence-corrected chi connectivity index (χ4v) is 3.73. The van der Waals surface area contributed by atoms with Crippen molar-refractivity contribution < 1.29 is 36.7 Å². The van der Waals surface area contributed by atoms with E-state index in [1.165, 1.54) is 18.2 Å². The Hall–Kier alpha value is -3.43. The largest absolute Gasteiger partial charge is 0.455 e. The van der Waals surface area contributed by atoms with Crippen LogP contribution in [0.15, 0.2) is 36.4 Å². The first-order chi connectivity index (χ1) is 15.2. The van der Waals surface area contributed by atoms with Crippen LogP contribution in [0.25, 0.3) is 0 Å². The molecule has 32 heavy (non-hydrogen) atoms. The number of esters is 1. The van der Waals surface area contributed by atoms with Crippen LogP contribution in [0.5, 0.6) is 0 Å². The number of carbonyl (C=O) groups excluding carboxylic acids is 3. The average molecular weight is 452 g/mol. The lowest BCUT2D eigenvalue weighted by Crippen LogP contribution is -2.40. The maximum Gasteiger partial charge on any atom is 0.317 e. The minimum Gasteiger partial charge on any atom is -0.455 e. The molecule has 1 aliphatic rings. The van der Waals surface area contributed by atoms with Gasteiger partial charge in [-0.25, -0.2) is 17.6 Å². The maximum atomic E-state index is 14.3. The number of hydrogen-bond acceptors (Lipinski definition) is 4. The maximum absolute atomic E-state index is 14.3. The molecule has 170 valence electrons. The minimum atomic E-state index is -1.74. The fraction of sp³-hybridized carbons (Fsp3) is 0.318. The molecule has 2 N–H and O–H groups in total. The zero-order valence-electron chi connectivity index (χ0n) is 16.9. The quantitative estimate of drug-likeness (QED) is 0.383. The van der Waals surface area contributed by atoms with Gasteiger partial charge in [-0.2, -0.15) is 0 Å². The molecular formula is C22H20F4N2O4. The monoisotopic (exact) mass is 452 g/mol. The van der Waals surface area contributed by atoms with E-state index in [4.69, 9.17) is 4.74 Å². The van der Waals surface area contributed by atoms with E-state index in [0.29, 0.717) is 31.7 Å². The second kappa shape index (κ2) is 9.80. The second-order valence-electron chi connectivity index (χ2n) is 7.39. The highest BCUT2D eigenvalue weighted by Crippen LogP contribution is 2.43. The lowest BCUT2D eigenvalue weighted by molar-refractivity contribution is -0.154. The van der Waals surface area contributed by atoms with Crippen LogP contribution in [-0.4, -0.2) is 30.9 Å². The highest BCUT2D eigenvalue weighted by atomic mass is 19.2. The third kappa shape index (κ3) is 4.90. The Bertz CT molecular complexity index is 1040. The van der Waals surface area contributed by atoms with Gasteiger partial charge in [0.05, 0.1) is 17.6 Å². The van der Waals surface area contributed by atoms with E-state index < -0.39 is 65.3 Å². The molecule has 0 aromatic heterocycles. The minimum absolute atomic E-state index is 0.218. The molecular weight excluding hydrogens is 432 g/mol. The van der Waals surface area contributed by atoms with Crippen LogP contribution >= 0.6 is 0 Å². The Labute approximate surface area is 180 Å². The molecule has 2 amide bonds. The van der Waals surface area contributed by atoms with E-state index in [-0.39, 0.29) is 5.56 Å². The molecule has 2 aromatic carbocycles. The number of hydrogen-bond donors (Lipinski definition) is 2. The van der Waals surface area contributed by atoms with Crippen LogP contribution in [0.1, 0.15) is 31.2 Å². The van der Waals surface area contributed by atoms with Crippen molar-refractivity contribution in [1.29, 1.82) is 0 Å². The van der Waals surface area contributed by atoms with Crippen LogP contribution in [0.4, 0.5) is 23.2 Å². The first-order valence-electron chi connectivity index (χ1n) is 9.87. The van der Waals surface area contributed by atoms with Crippen molar-refractivity contribution in [1.82, 2.24) is 5.32 Å². The molecule has 2 aromatic rings. The van der Waals surface area contributed by atoms with E-state index in [9.17, 15) is 31.9 Å². The summed E-state index contributed by atoms with van der Waals surface area (Å²) in [6.45, 7) is -1.34. The molecule has 1 aliphatic carbocycles. The molecule has 3 rings (SSSR count). The standard InChI is InChI=1S/C22H20F4N2O4/c23-14-6-2-1-5-13(14)22(9-3-4-10-22)21(31)32-12-18(30)27-11-17(29)28-16-8-7-15(24)19(25)20(16)26/h1-2,5-8H,3-4,9-12H2,(H,27,30)(H,28,29). The number of amides is 2. The zero-order chi connectivity index (χ0) is 23.3. The Morgan fingerprint density at radius 1 is 0.875 bits per heavy atom. The van der Waals surface area contributed by atoms with Gasteiger partial charge in [0, 0.05) is 5.56 Å². The van der Waals surface area contributed by atoms with Crippen LogP contribution in [0, 0.1) is 23.3 Å². The summed E-state index contributed by atoms with van der Waals surface area (Å²) in [6, 6.07) is 7.37. The molecule has 0 saturated heterocycles. The van der Waals surface area contributed by atoms with Gasteiger partial charge in [-0.1, -0.05) is 31.0 Å². The van der Waals surface area contributed by atoms with E-state index >= 15 is 0 Å². The zero-order valence-corrected chi connectivity index (χ0v) is 16.9. The number of benzene rings is 2. The highest BCUT2D eigenvalue weighted by molar-refractivity contribution is 5.95. The van der Waals surface area contributed by atoms with Crippen molar-refractivity contribution in [3.63, 3.8) is 0 Å². The molecule has 0 unspecified atom stereocenters. The number of rotatable bonds is 7. The van der Waals surface area contributed by atoms with Gasteiger partial charge in [0.2, 0.25) is 5.91 Å².